The SMILES string of the molecule is Nc1ncc(F)cc1C(=O)NCCCn1cccn1. The van der Waals surface area contributed by atoms with E-state index in [2.05, 4.69) is 15.4 Å². The summed E-state index contributed by atoms with van der Waals surface area (Å²) in [7, 11) is 0. The molecule has 2 aromatic rings. The number of nitrogens with two attached hydrogens (primary N) is 1. The molecule has 1 amide bonds. The molecule has 0 saturated carbocycles. The first-order chi connectivity index (χ1) is 9.16. The molecule has 0 aliphatic heterocycles. The lowest BCUT2D eigenvalue weighted by Gasteiger charge is -2.07. The van der Waals surface area contributed by atoms with Gasteiger partial charge in [0.15, 0.2) is 0 Å². The van der Waals surface area contributed by atoms with Crippen LogP contribution in [0.2, 0.25) is 0 Å². The Kier molecular flexibility index (Phi) is 4.07. The molecule has 0 spiro atoms. The molecule has 0 saturated heterocycles. The lowest BCUT2D eigenvalue weighted by atomic mass is 10.2. The molecule has 3 N–H and O–H groups in total. The number of aryl methyl sites for hydroxylation is 1. The highest BCUT2D eigenvalue weighted by molar-refractivity contribution is 5.98. The van der Waals surface area contributed by atoms with E-state index in [0.717, 1.165) is 18.7 Å². The van der Waals surface area contributed by atoms with Crippen LogP contribution in [0.3, 0.4) is 0 Å². The first-order valence-corrected chi connectivity index (χ1v) is 5.83. The van der Waals surface area contributed by atoms with Crippen molar-refractivity contribution in [3.05, 3.63) is 42.1 Å². The standard InChI is InChI=1S/C12H14FN5O/c13-9-7-10(11(14)16-8-9)12(19)15-3-1-5-18-6-2-4-17-18/h2,4,6-8H,1,3,5H2,(H2,14,16)(H,15,19). The highest BCUT2D eigenvalue weighted by Crippen LogP contribution is 2.09. The molecular weight excluding hydrogens is 249 g/mol. The third kappa shape index (κ3) is 3.51. The number of halogens is 1. The fraction of sp³-hybridized carbons (Fsp3) is 0.250. The van der Waals surface area contributed by atoms with Crippen LogP contribution in [0, 0.1) is 5.82 Å². The Morgan fingerprint density at radius 2 is 2.37 bits per heavy atom. The number of pyridine rings is 1. The number of nitrogen functional groups attached to an aromatic ring is 1. The zero-order valence-corrected chi connectivity index (χ0v) is 10.2. The van der Waals surface area contributed by atoms with Gasteiger partial charge in [-0.15, -0.1) is 0 Å². The normalized spacial score (nSPS) is 10.4. The second kappa shape index (κ2) is 5.94. The Morgan fingerprint density at radius 3 is 3.11 bits per heavy atom. The number of nitrogens with zero attached hydrogens (tertiary/aromatic N) is 3. The molecule has 2 aromatic heterocycles. The number of rotatable bonds is 5. The Morgan fingerprint density at radius 1 is 1.53 bits per heavy atom. The summed E-state index contributed by atoms with van der Waals surface area (Å²) in [6.45, 7) is 1.15. The van der Waals surface area contributed by atoms with Crippen molar-refractivity contribution in [2.45, 2.75) is 13.0 Å². The summed E-state index contributed by atoms with van der Waals surface area (Å²) in [5.41, 5.74) is 5.57. The van der Waals surface area contributed by atoms with Gasteiger partial charge in [-0.25, -0.2) is 9.37 Å². The Hall–Kier alpha value is -2.44. The van der Waals surface area contributed by atoms with Crippen molar-refractivity contribution in [2.24, 2.45) is 0 Å². The average molecular weight is 263 g/mol. The number of carbonyl (C=O) groups excluding carboxylic acids is 1. The largest absolute Gasteiger partial charge is 0.383 e. The molecular formula is C12H14FN5O. The second-order valence-corrected chi connectivity index (χ2v) is 3.96. The molecule has 2 rings (SSSR count). The molecule has 0 fully saturated rings. The smallest absolute Gasteiger partial charge is 0.255 e. The summed E-state index contributed by atoms with van der Waals surface area (Å²) in [5.74, 6) is -0.994. The topological polar surface area (TPSA) is 85.8 Å². The van der Waals surface area contributed by atoms with Crippen LogP contribution in [0.1, 0.15) is 16.8 Å². The first-order valence-electron chi connectivity index (χ1n) is 5.83. The first kappa shape index (κ1) is 13.0. The quantitative estimate of drug-likeness (QED) is 0.782. The lowest BCUT2D eigenvalue weighted by molar-refractivity contribution is 0.0952. The molecule has 0 unspecified atom stereocenters. The van der Waals surface area contributed by atoms with Crippen LogP contribution in [0.15, 0.2) is 30.7 Å². The predicted octanol–water partition coefficient (Wildman–Crippen LogP) is 0.819. The summed E-state index contributed by atoms with van der Waals surface area (Å²) >= 11 is 0. The van der Waals surface area contributed by atoms with Gasteiger partial charge in [-0.1, -0.05) is 0 Å². The molecule has 2 heterocycles. The van der Waals surface area contributed by atoms with Gasteiger partial charge in [-0.2, -0.15) is 5.10 Å². The number of hydrogen-bond acceptors (Lipinski definition) is 4. The van der Waals surface area contributed by atoms with Gasteiger partial charge in [0, 0.05) is 25.5 Å². The van der Waals surface area contributed by atoms with Crippen molar-refractivity contribution >= 4 is 11.7 Å². The van der Waals surface area contributed by atoms with Gasteiger partial charge < -0.3 is 11.1 Å². The summed E-state index contributed by atoms with van der Waals surface area (Å²) in [6, 6.07) is 2.91. The second-order valence-electron chi connectivity index (χ2n) is 3.96. The van der Waals surface area contributed by atoms with Crippen molar-refractivity contribution in [2.75, 3.05) is 12.3 Å². The van der Waals surface area contributed by atoms with Crippen molar-refractivity contribution in [1.29, 1.82) is 0 Å². The van der Waals surface area contributed by atoms with Gasteiger partial charge in [0.05, 0.1) is 11.8 Å². The minimum absolute atomic E-state index is 0.0194. The van der Waals surface area contributed by atoms with Crippen LogP contribution in [-0.4, -0.2) is 27.2 Å². The van der Waals surface area contributed by atoms with Crippen LogP contribution in [0.25, 0.3) is 0 Å². The lowest BCUT2D eigenvalue weighted by Crippen LogP contribution is -2.26. The van der Waals surface area contributed by atoms with Crippen molar-refractivity contribution in [3.8, 4) is 0 Å². The van der Waals surface area contributed by atoms with Crippen LogP contribution in [-0.2, 0) is 6.54 Å². The maximum atomic E-state index is 13.0. The summed E-state index contributed by atoms with van der Waals surface area (Å²) in [4.78, 5) is 15.4. The predicted molar refractivity (Wildman–Crippen MR) is 67.8 cm³/mol. The third-order valence-electron chi connectivity index (χ3n) is 2.54. The Labute approximate surface area is 109 Å². The molecule has 6 nitrogen and oxygen atoms in total. The van der Waals surface area contributed by atoms with E-state index >= 15 is 0 Å². The van der Waals surface area contributed by atoms with Gasteiger partial charge in [0.25, 0.3) is 5.91 Å². The number of aromatic nitrogens is 3. The zero-order chi connectivity index (χ0) is 13.7. The van der Waals surface area contributed by atoms with Gasteiger partial charge in [0.2, 0.25) is 0 Å². The fourth-order valence-electron chi connectivity index (χ4n) is 1.60. The number of hydrogen-bond donors (Lipinski definition) is 2. The van der Waals surface area contributed by atoms with Crippen molar-refractivity contribution in [1.82, 2.24) is 20.1 Å². The molecule has 19 heavy (non-hydrogen) atoms. The number of nitrogens with one attached hydrogen (secondary N) is 1. The van der Waals surface area contributed by atoms with Gasteiger partial charge in [0.1, 0.15) is 11.6 Å². The van der Waals surface area contributed by atoms with E-state index in [9.17, 15) is 9.18 Å². The van der Waals surface area contributed by atoms with E-state index in [0.29, 0.717) is 13.1 Å². The molecule has 0 radical (unpaired) electrons. The highest BCUT2D eigenvalue weighted by atomic mass is 19.1. The maximum Gasteiger partial charge on any atom is 0.255 e. The minimum Gasteiger partial charge on any atom is -0.383 e. The van der Waals surface area contributed by atoms with E-state index in [-0.39, 0.29) is 11.4 Å². The van der Waals surface area contributed by atoms with E-state index in [1.165, 1.54) is 0 Å². The fourth-order valence-corrected chi connectivity index (χ4v) is 1.60. The Bertz CT molecular complexity index is 555. The third-order valence-corrected chi connectivity index (χ3v) is 2.54. The van der Waals surface area contributed by atoms with Crippen LogP contribution >= 0.6 is 0 Å². The van der Waals surface area contributed by atoms with Crippen LogP contribution < -0.4 is 11.1 Å². The van der Waals surface area contributed by atoms with Crippen LogP contribution in [0.4, 0.5) is 10.2 Å². The number of amides is 1. The van der Waals surface area contributed by atoms with Gasteiger partial charge in [-0.05, 0) is 18.6 Å². The van der Waals surface area contributed by atoms with E-state index in [1.54, 1.807) is 10.9 Å². The highest BCUT2D eigenvalue weighted by Gasteiger charge is 2.11. The number of anilines is 1. The minimum atomic E-state index is -0.587. The molecule has 0 aliphatic rings. The summed E-state index contributed by atoms with van der Waals surface area (Å²) in [5, 5.41) is 6.70. The molecule has 7 heteroatoms. The van der Waals surface area contributed by atoms with E-state index < -0.39 is 11.7 Å². The monoisotopic (exact) mass is 263 g/mol. The van der Waals surface area contributed by atoms with E-state index in [4.69, 9.17) is 5.73 Å². The van der Waals surface area contributed by atoms with Gasteiger partial charge in [-0.3, -0.25) is 9.48 Å². The number of carbonyl (C=O) groups is 1. The van der Waals surface area contributed by atoms with Crippen molar-refractivity contribution in [3.63, 3.8) is 0 Å². The van der Waals surface area contributed by atoms with Gasteiger partial charge >= 0.3 is 0 Å². The molecule has 0 atom stereocenters. The summed E-state index contributed by atoms with van der Waals surface area (Å²) < 4.78 is 14.7. The molecule has 0 bridgehead atoms. The molecule has 100 valence electrons. The molecule has 0 aliphatic carbocycles. The Balaban J connectivity index is 1.82. The van der Waals surface area contributed by atoms with Crippen molar-refractivity contribution < 1.29 is 9.18 Å². The van der Waals surface area contributed by atoms with E-state index in [1.807, 2.05) is 12.3 Å². The summed E-state index contributed by atoms with van der Waals surface area (Å²) in [6.07, 6.45) is 5.23. The average Bonchev–Trinajstić information content (AvgIpc) is 2.90. The maximum absolute atomic E-state index is 13.0. The zero-order valence-electron chi connectivity index (χ0n) is 10.2. The molecule has 0 aromatic carbocycles. The van der Waals surface area contributed by atoms with Crippen LogP contribution in [0.5, 0.6) is 0 Å².